The molecule has 0 radical (unpaired) electrons. The van der Waals surface area contributed by atoms with Crippen molar-refractivity contribution in [3.63, 3.8) is 0 Å². The van der Waals surface area contributed by atoms with E-state index in [0.29, 0.717) is 38.1 Å². The Morgan fingerprint density at radius 1 is 0.950 bits per heavy atom. The predicted molar refractivity (Wildman–Crippen MR) is 150 cm³/mol. The molecule has 1 aromatic rings. The lowest BCUT2D eigenvalue weighted by molar-refractivity contribution is -0.148. The molecular formula is C30H46F2N4O4. The van der Waals surface area contributed by atoms with Gasteiger partial charge in [0, 0.05) is 38.7 Å². The third-order valence-corrected chi connectivity index (χ3v) is 7.22. The summed E-state index contributed by atoms with van der Waals surface area (Å²) in [5.41, 5.74) is 0.227. The molecule has 0 saturated carbocycles. The van der Waals surface area contributed by atoms with Crippen molar-refractivity contribution in [1.82, 2.24) is 20.0 Å². The van der Waals surface area contributed by atoms with Gasteiger partial charge in [0.05, 0.1) is 13.1 Å². The van der Waals surface area contributed by atoms with Crippen molar-refractivity contribution in [2.24, 2.45) is 11.8 Å². The smallest absolute Gasteiger partial charge is 0.245 e. The van der Waals surface area contributed by atoms with Crippen molar-refractivity contribution in [2.75, 3.05) is 33.2 Å². The highest BCUT2D eigenvalue weighted by atomic mass is 19.1. The number of rotatable bonds is 10. The van der Waals surface area contributed by atoms with Crippen molar-refractivity contribution in [3.8, 4) is 0 Å². The summed E-state index contributed by atoms with van der Waals surface area (Å²) in [7, 11) is 1.55. The summed E-state index contributed by atoms with van der Waals surface area (Å²) in [6.07, 6.45) is 2.33. The van der Waals surface area contributed by atoms with Crippen LogP contribution in [0.25, 0.3) is 0 Å². The van der Waals surface area contributed by atoms with Gasteiger partial charge in [-0.15, -0.1) is 0 Å². The average Bonchev–Trinajstić information content (AvgIpc) is 2.86. The fourth-order valence-corrected chi connectivity index (χ4v) is 4.92. The molecule has 1 aliphatic heterocycles. The summed E-state index contributed by atoms with van der Waals surface area (Å²) in [4.78, 5) is 58.1. The molecule has 224 valence electrons. The van der Waals surface area contributed by atoms with E-state index in [-0.39, 0.29) is 61.7 Å². The molecule has 0 aliphatic carbocycles. The number of benzene rings is 1. The van der Waals surface area contributed by atoms with Crippen LogP contribution in [0.1, 0.15) is 72.3 Å². The summed E-state index contributed by atoms with van der Waals surface area (Å²) in [6, 6.07) is 1.99. The zero-order valence-electron chi connectivity index (χ0n) is 24.8. The van der Waals surface area contributed by atoms with Crippen molar-refractivity contribution in [3.05, 3.63) is 35.4 Å². The van der Waals surface area contributed by atoms with Gasteiger partial charge < -0.3 is 20.0 Å². The summed E-state index contributed by atoms with van der Waals surface area (Å²) in [5, 5.41) is 2.95. The molecular weight excluding hydrogens is 518 g/mol. The number of hydrogen-bond donors (Lipinski definition) is 1. The average molecular weight is 565 g/mol. The monoisotopic (exact) mass is 564 g/mol. The zero-order chi connectivity index (χ0) is 30.0. The number of carbonyl (C=O) groups excluding carboxylic acids is 4. The first-order valence-corrected chi connectivity index (χ1v) is 14.4. The number of amides is 4. The van der Waals surface area contributed by atoms with Crippen LogP contribution >= 0.6 is 0 Å². The van der Waals surface area contributed by atoms with E-state index in [1.54, 1.807) is 7.05 Å². The molecule has 0 aromatic heterocycles. The summed E-state index contributed by atoms with van der Waals surface area (Å²) < 4.78 is 27.7. The number of halogens is 2. The molecule has 2 rings (SSSR count). The van der Waals surface area contributed by atoms with Crippen LogP contribution < -0.4 is 5.32 Å². The van der Waals surface area contributed by atoms with E-state index in [2.05, 4.69) is 5.32 Å². The minimum Gasteiger partial charge on any atom is -0.351 e. The zero-order valence-corrected chi connectivity index (χ0v) is 24.8. The highest BCUT2D eigenvalue weighted by Crippen LogP contribution is 2.17. The van der Waals surface area contributed by atoms with Crippen LogP contribution in [0.5, 0.6) is 0 Å². The lowest BCUT2D eigenvalue weighted by Gasteiger charge is -2.33. The number of carbonyl (C=O) groups is 4. The van der Waals surface area contributed by atoms with Crippen molar-refractivity contribution in [2.45, 2.75) is 85.2 Å². The van der Waals surface area contributed by atoms with E-state index in [1.165, 1.54) is 20.8 Å². The van der Waals surface area contributed by atoms with Gasteiger partial charge in [-0.3, -0.25) is 19.2 Å². The Morgan fingerprint density at radius 2 is 1.65 bits per heavy atom. The minimum absolute atomic E-state index is 0.0240. The standard InChI is InChI=1S/C30H46F2N4O4/c1-7-8-26-30(40)36(13-11-20(2)3)18-27(37)33-24(15-21(4)5)17-28(38)35(19-29(39)34(26)6)14-12-22-9-10-23(31)16-25(22)32/h9-10,16,20-21,24,26H,7-8,11-15,17-19H2,1-6H3,(H,33,37)/t24-,26+/m0/s1. The quantitative estimate of drug-likeness (QED) is 0.469. The van der Waals surface area contributed by atoms with Gasteiger partial charge in [0.2, 0.25) is 23.6 Å². The molecule has 40 heavy (non-hydrogen) atoms. The first-order chi connectivity index (χ1) is 18.8. The van der Waals surface area contributed by atoms with Gasteiger partial charge in [0.1, 0.15) is 17.7 Å². The number of nitrogens with one attached hydrogen (secondary N) is 1. The summed E-state index contributed by atoms with van der Waals surface area (Å²) in [5.74, 6) is -2.34. The van der Waals surface area contributed by atoms with Crippen LogP contribution in [-0.4, -0.2) is 83.6 Å². The maximum atomic E-state index is 14.3. The second-order valence-corrected chi connectivity index (χ2v) is 11.7. The lowest BCUT2D eigenvalue weighted by atomic mass is 10.00. The van der Waals surface area contributed by atoms with Crippen molar-refractivity contribution >= 4 is 23.6 Å². The number of nitrogens with zero attached hydrogens (tertiary/aromatic N) is 3. The number of likely N-dealkylation sites (N-methyl/N-ethyl adjacent to an activating group) is 1. The van der Waals surface area contributed by atoms with Gasteiger partial charge in [-0.05, 0) is 49.1 Å². The van der Waals surface area contributed by atoms with Crippen LogP contribution in [0.2, 0.25) is 0 Å². The van der Waals surface area contributed by atoms with Crippen LogP contribution in [-0.2, 0) is 25.6 Å². The van der Waals surface area contributed by atoms with Gasteiger partial charge in [0.15, 0.2) is 0 Å². The third kappa shape index (κ3) is 10.2. The molecule has 1 heterocycles. The molecule has 0 spiro atoms. The predicted octanol–water partition coefficient (Wildman–Crippen LogP) is 3.77. The normalized spacial score (nSPS) is 20.1. The Morgan fingerprint density at radius 3 is 2.25 bits per heavy atom. The first-order valence-electron chi connectivity index (χ1n) is 14.4. The van der Waals surface area contributed by atoms with Crippen molar-refractivity contribution in [1.29, 1.82) is 0 Å². The Labute approximate surface area is 237 Å². The SMILES string of the molecule is CCC[C@@H]1C(=O)N(CCC(C)C)CC(=O)N[C@@H](CC(C)C)CC(=O)N(CCc2ccc(F)cc2F)CC(=O)N1C. The Balaban J connectivity index is 2.43. The van der Waals surface area contributed by atoms with E-state index >= 15 is 0 Å². The second-order valence-electron chi connectivity index (χ2n) is 11.7. The van der Waals surface area contributed by atoms with Gasteiger partial charge in [0.25, 0.3) is 0 Å². The van der Waals surface area contributed by atoms with Gasteiger partial charge in [-0.2, -0.15) is 0 Å². The minimum atomic E-state index is -0.781. The topological polar surface area (TPSA) is 90.0 Å². The Kier molecular flexibility index (Phi) is 13.0. The molecule has 1 aliphatic rings. The second kappa shape index (κ2) is 15.7. The van der Waals surface area contributed by atoms with Gasteiger partial charge >= 0.3 is 0 Å². The van der Waals surface area contributed by atoms with E-state index in [9.17, 15) is 28.0 Å². The van der Waals surface area contributed by atoms with Crippen LogP contribution in [0.3, 0.4) is 0 Å². The largest absolute Gasteiger partial charge is 0.351 e. The molecule has 4 amide bonds. The van der Waals surface area contributed by atoms with E-state index < -0.39 is 29.6 Å². The van der Waals surface area contributed by atoms with E-state index in [4.69, 9.17) is 0 Å². The van der Waals surface area contributed by atoms with E-state index in [1.807, 2.05) is 34.6 Å². The molecule has 10 heteroatoms. The summed E-state index contributed by atoms with van der Waals surface area (Å²) in [6.45, 7) is 9.94. The molecule has 1 saturated heterocycles. The maximum absolute atomic E-state index is 14.3. The lowest BCUT2D eigenvalue weighted by Crippen LogP contribution is -2.53. The highest BCUT2D eigenvalue weighted by Gasteiger charge is 2.34. The molecule has 0 unspecified atom stereocenters. The van der Waals surface area contributed by atoms with Crippen LogP contribution in [0, 0.1) is 23.5 Å². The summed E-state index contributed by atoms with van der Waals surface area (Å²) >= 11 is 0. The maximum Gasteiger partial charge on any atom is 0.245 e. The molecule has 8 nitrogen and oxygen atoms in total. The highest BCUT2D eigenvalue weighted by molar-refractivity contribution is 5.92. The Bertz CT molecular complexity index is 1030. The van der Waals surface area contributed by atoms with Crippen LogP contribution in [0.4, 0.5) is 8.78 Å². The van der Waals surface area contributed by atoms with Crippen molar-refractivity contribution < 1.29 is 28.0 Å². The Hall–Kier alpha value is -3.04. The molecule has 2 atom stereocenters. The molecule has 1 fully saturated rings. The molecule has 1 N–H and O–H groups in total. The van der Waals surface area contributed by atoms with Gasteiger partial charge in [-0.1, -0.05) is 47.1 Å². The fraction of sp³-hybridized carbons (Fsp3) is 0.667. The fourth-order valence-electron chi connectivity index (χ4n) is 4.92. The third-order valence-electron chi connectivity index (χ3n) is 7.22. The van der Waals surface area contributed by atoms with Crippen LogP contribution in [0.15, 0.2) is 18.2 Å². The van der Waals surface area contributed by atoms with Gasteiger partial charge in [-0.25, -0.2) is 8.78 Å². The van der Waals surface area contributed by atoms with E-state index in [0.717, 1.165) is 12.1 Å². The molecule has 0 bridgehead atoms. The number of hydrogen-bond acceptors (Lipinski definition) is 4. The molecule has 1 aromatic carbocycles. The first kappa shape index (κ1) is 33.2.